The van der Waals surface area contributed by atoms with Gasteiger partial charge in [-0.05, 0) is 48.1 Å². The summed E-state index contributed by atoms with van der Waals surface area (Å²) >= 11 is 0. The van der Waals surface area contributed by atoms with E-state index in [1.54, 1.807) is 12.1 Å². The number of aryl methyl sites for hydroxylation is 1. The van der Waals surface area contributed by atoms with Crippen LogP contribution >= 0.6 is 0 Å². The molecule has 0 N–H and O–H groups in total. The Balaban J connectivity index is 1.41. The number of carbonyl (C=O) groups is 2. The number of benzene rings is 2. The lowest BCUT2D eigenvalue weighted by molar-refractivity contribution is -0.148. The third kappa shape index (κ3) is 4.16. The quantitative estimate of drug-likeness (QED) is 0.389. The number of nitrogens with zero attached hydrogens (tertiary/aromatic N) is 4. The fraction of sp³-hybridized carbons (Fsp3) is 0.360. The molecule has 1 atom stereocenters. The molecule has 2 aliphatic rings. The summed E-state index contributed by atoms with van der Waals surface area (Å²) in [4.78, 5) is 28.1. The minimum atomic E-state index is -4.66. The van der Waals surface area contributed by atoms with E-state index >= 15 is 0 Å². The molecule has 0 bridgehead atoms. The normalized spacial score (nSPS) is 19.2. The van der Waals surface area contributed by atoms with Crippen molar-refractivity contribution in [3.8, 4) is 0 Å². The van der Waals surface area contributed by atoms with E-state index in [4.69, 9.17) is 0 Å². The third-order valence-electron chi connectivity index (χ3n) is 7.04. The van der Waals surface area contributed by atoms with Gasteiger partial charge in [0.1, 0.15) is 0 Å². The van der Waals surface area contributed by atoms with Crippen LogP contribution in [0.2, 0.25) is 0 Å². The monoisotopic (exact) mass is 504 g/mol. The predicted molar refractivity (Wildman–Crippen MR) is 117 cm³/mol. The predicted octanol–water partition coefficient (Wildman–Crippen LogP) is 4.00. The Bertz CT molecular complexity index is 1340. The van der Waals surface area contributed by atoms with Crippen molar-refractivity contribution in [1.29, 1.82) is 0 Å². The maximum Gasteiger partial charge on any atom is 0.451 e. The second-order valence-corrected chi connectivity index (χ2v) is 9.17. The number of carbonyl (C=O) groups excluding carboxylic acids is 2. The molecule has 0 radical (unpaired) electrons. The number of hydrogen-bond donors (Lipinski definition) is 0. The highest BCUT2D eigenvalue weighted by Crippen LogP contribution is 2.44. The molecule has 1 aromatic heterocycles. The zero-order valence-corrected chi connectivity index (χ0v) is 19.0. The summed E-state index contributed by atoms with van der Waals surface area (Å²) in [6.45, 7) is -0.404. The van der Waals surface area contributed by atoms with Crippen LogP contribution in [-0.2, 0) is 47.1 Å². The highest BCUT2D eigenvalue weighted by Gasteiger charge is 2.47. The SMILES string of the molecule is O=C(CC(=O)C1(Cc2ccccc2)CCc2cc(F)c(F)cc21)N1CCn2c(nnc2C(F)(F)F)C1. The molecule has 3 aromatic rings. The molecular weight excluding hydrogens is 483 g/mol. The van der Waals surface area contributed by atoms with Crippen LogP contribution in [0, 0.1) is 11.6 Å². The van der Waals surface area contributed by atoms with Gasteiger partial charge < -0.3 is 9.47 Å². The van der Waals surface area contributed by atoms with Gasteiger partial charge in [-0.1, -0.05) is 30.3 Å². The van der Waals surface area contributed by atoms with Crippen LogP contribution in [0.5, 0.6) is 0 Å². The van der Waals surface area contributed by atoms with Gasteiger partial charge in [-0.3, -0.25) is 9.59 Å². The van der Waals surface area contributed by atoms with Gasteiger partial charge in [0.2, 0.25) is 11.7 Å². The topological polar surface area (TPSA) is 68.1 Å². The molecule has 36 heavy (non-hydrogen) atoms. The van der Waals surface area contributed by atoms with Gasteiger partial charge in [-0.25, -0.2) is 8.78 Å². The molecule has 2 heterocycles. The van der Waals surface area contributed by atoms with Crippen molar-refractivity contribution >= 4 is 11.7 Å². The van der Waals surface area contributed by atoms with E-state index < -0.39 is 47.2 Å². The van der Waals surface area contributed by atoms with Crippen LogP contribution in [-0.4, -0.2) is 37.9 Å². The van der Waals surface area contributed by atoms with Crippen LogP contribution in [0.25, 0.3) is 0 Å². The molecule has 0 spiro atoms. The van der Waals surface area contributed by atoms with Crippen molar-refractivity contribution in [3.63, 3.8) is 0 Å². The smallest absolute Gasteiger partial charge is 0.333 e. The van der Waals surface area contributed by atoms with Crippen molar-refractivity contribution in [2.75, 3.05) is 6.54 Å². The lowest BCUT2D eigenvalue weighted by atomic mass is 9.72. The Hall–Kier alpha value is -3.63. The Morgan fingerprint density at radius 1 is 1.00 bits per heavy atom. The summed E-state index contributed by atoms with van der Waals surface area (Å²) in [5.41, 5.74) is 0.481. The Labute approximate surface area is 202 Å². The van der Waals surface area contributed by atoms with Crippen LogP contribution in [0.15, 0.2) is 42.5 Å². The summed E-state index contributed by atoms with van der Waals surface area (Å²) in [7, 11) is 0. The number of aromatic nitrogens is 3. The average molecular weight is 504 g/mol. The molecule has 1 amide bonds. The van der Waals surface area contributed by atoms with Crippen molar-refractivity contribution in [3.05, 3.63) is 82.4 Å². The molecule has 11 heteroatoms. The molecule has 0 saturated heterocycles. The van der Waals surface area contributed by atoms with E-state index in [-0.39, 0.29) is 38.3 Å². The first-order valence-corrected chi connectivity index (χ1v) is 11.4. The van der Waals surface area contributed by atoms with E-state index in [2.05, 4.69) is 10.2 Å². The van der Waals surface area contributed by atoms with Gasteiger partial charge in [0.25, 0.3) is 0 Å². The van der Waals surface area contributed by atoms with Gasteiger partial charge in [-0.2, -0.15) is 13.2 Å². The largest absolute Gasteiger partial charge is 0.451 e. The average Bonchev–Trinajstić information content (AvgIpc) is 3.42. The molecule has 1 unspecified atom stereocenters. The fourth-order valence-corrected chi connectivity index (χ4v) is 5.24. The minimum absolute atomic E-state index is 0.0165. The standard InChI is InChI=1S/C25H21F5N4O2/c26-18-10-16-6-7-24(17(16)11-19(18)27,13-15-4-2-1-3-5-15)20(35)12-22(36)33-8-9-34-21(14-33)31-32-23(34)25(28,29)30/h1-5,10-11H,6-9,12-14H2. The number of amides is 1. The van der Waals surface area contributed by atoms with E-state index in [1.807, 2.05) is 18.2 Å². The van der Waals surface area contributed by atoms with Crippen molar-refractivity contribution in [1.82, 2.24) is 19.7 Å². The maximum absolute atomic E-state index is 14.2. The molecule has 5 rings (SSSR count). The van der Waals surface area contributed by atoms with Crippen LogP contribution in [0.1, 0.15) is 41.2 Å². The number of Topliss-reactive ketones (excluding diaryl/α,β-unsaturated/α-hetero) is 1. The van der Waals surface area contributed by atoms with Crippen LogP contribution in [0.4, 0.5) is 22.0 Å². The van der Waals surface area contributed by atoms with Gasteiger partial charge in [0.05, 0.1) is 18.4 Å². The van der Waals surface area contributed by atoms with Crippen molar-refractivity contribution in [2.45, 2.75) is 50.4 Å². The summed E-state index contributed by atoms with van der Waals surface area (Å²) < 4.78 is 68.4. The molecule has 1 aliphatic carbocycles. The zero-order chi connectivity index (χ0) is 25.7. The summed E-state index contributed by atoms with van der Waals surface area (Å²) in [5, 5.41) is 6.77. The Morgan fingerprint density at radius 3 is 2.44 bits per heavy atom. The molecule has 6 nitrogen and oxygen atoms in total. The van der Waals surface area contributed by atoms with Gasteiger partial charge in [0, 0.05) is 13.1 Å². The summed E-state index contributed by atoms with van der Waals surface area (Å²) in [5.74, 6) is -4.21. The molecule has 188 valence electrons. The summed E-state index contributed by atoms with van der Waals surface area (Å²) in [6, 6.07) is 11.2. The van der Waals surface area contributed by atoms with Gasteiger partial charge in [0.15, 0.2) is 23.2 Å². The van der Waals surface area contributed by atoms with Crippen molar-refractivity contribution < 1.29 is 31.5 Å². The first-order valence-electron chi connectivity index (χ1n) is 11.4. The number of fused-ring (bicyclic) bond motifs is 2. The molecule has 0 saturated carbocycles. The lowest BCUT2D eigenvalue weighted by Gasteiger charge is -2.32. The van der Waals surface area contributed by atoms with E-state index in [1.165, 1.54) is 4.90 Å². The second kappa shape index (κ2) is 8.79. The molecule has 2 aromatic carbocycles. The number of rotatable bonds is 5. The number of hydrogen-bond acceptors (Lipinski definition) is 4. The van der Waals surface area contributed by atoms with Crippen LogP contribution in [0.3, 0.4) is 0 Å². The van der Waals surface area contributed by atoms with E-state index in [0.717, 1.165) is 22.3 Å². The number of alkyl halides is 3. The summed E-state index contributed by atoms with van der Waals surface area (Å²) in [6.07, 6.45) is -4.34. The first-order chi connectivity index (χ1) is 17.1. The fourth-order valence-electron chi connectivity index (χ4n) is 5.24. The Morgan fingerprint density at radius 2 is 1.72 bits per heavy atom. The van der Waals surface area contributed by atoms with Gasteiger partial charge in [-0.15, -0.1) is 10.2 Å². The maximum atomic E-state index is 14.2. The van der Waals surface area contributed by atoms with Crippen LogP contribution < -0.4 is 0 Å². The molecule has 1 aliphatic heterocycles. The zero-order valence-electron chi connectivity index (χ0n) is 19.0. The third-order valence-corrected chi connectivity index (χ3v) is 7.04. The van der Waals surface area contributed by atoms with Crippen molar-refractivity contribution in [2.24, 2.45) is 0 Å². The first kappa shape index (κ1) is 24.1. The number of ketones is 1. The highest BCUT2D eigenvalue weighted by molar-refractivity contribution is 6.04. The lowest BCUT2D eigenvalue weighted by Crippen LogP contribution is -2.43. The van der Waals surface area contributed by atoms with Gasteiger partial charge >= 0.3 is 6.18 Å². The minimum Gasteiger partial charge on any atom is -0.333 e. The number of halogens is 5. The second-order valence-electron chi connectivity index (χ2n) is 9.17. The highest BCUT2D eigenvalue weighted by atomic mass is 19.4. The Kier molecular flexibility index (Phi) is 5.88. The molecule has 0 fully saturated rings. The van der Waals surface area contributed by atoms with E-state index in [9.17, 15) is 31.5 Å². The van der Waals surface area contributed by atoms with E-state index in [0.29, 0.717) is 17.5 Å². The molecular formula is C25H21F5N4O2.